The minimum atomic E-state index is -1.19. The Morgan fingerprint density at radius 1 is 1.62 bits per heavy atom. The number of aliphatic hydroxyl groups is 1. The summed E-state index contributed by atoms with van der Waals surface area (Å²) in [6.45, 7) is 1.60. The SMILES string of the molecule is CC(O)(CN)c1cc(F)ccc1Br. The molecule has 0 fully saturated rings. The fraction of sp³-hybridized carbons (Fsp3) is 0.333. The van der Waals surface area contributed by atoms with Gasteiger partial charge in [0, 0.05) is 16.6 Å². The van der Waals surface area contributed by atoms with E-state index in [0.717, 1.165) is 0 Å². The van der Waals surface area contributed by atoms with Gasteiger partial charge in [0.05, 0.1) is 0 Å². The van der Waals surface area contributed by atoms with E-state index in [-0.39, 0.29) is 12.4 Å². The average Bonchev–Trinajstić information content (AvgIpc) is 2.09. The molecule has 0 bridgehead atoms. The van der Waals surface area contributed by atoms with Crippen LogP contribution >= 0.6 is 15.9 Å². The van der Waals surface area contributed by atoms with Crippen LogP contribution in [-0.4, -0.2) is 11.7 Å². The number of rotatable bonds is 2. The molecule has 72 valence electrons. The summed E-state index contributed by atoms with van der Waals surface area (Å²) in [6.07, 6.45) is 0. The van der Waals surface area contributed by atoms with Crippen molar-refractivity contribution in [3.63, 3.8) is 0 Å². The zero-order chi connectivity index (χ0) is 10.1. The van der Waals surface area contributed by atoms with Crippen LogP contribution in [0.1, 0.15) is 12.5 Å². The molecule has 0 amide bonds. The van der Waals surface area contributed by atoms with Gasteiger partial charge in [-0.15, -0.1) is 0 Å². The highest BCUT2D eigenvalue weighted by Crippen LogP contribution is 2.27. The van der Waals surface area contributed by atoms with Crippen LogP contribution in [0.15, 0.2) is 22.7 Å². The van der Waals surface area contributed by atoms with Crippen molar-refractivity contribution >= 4 is 15.9 Å². The second kappa shape index (κ2) is 3.74. The Morgan fingerprint density at radius 2 is 2.23 bits per heavy atom. The number of benzene rings is 1. The maximum Gasteiger partial charge on any atom is 0.123 e. The van der Waals surface area contributed by atoms with E-state index in [9.17, 15) is 9.50 Å². The van der Waals surface area contributed by atoms with Crippen LogP contribution in [0.4, 0.5) is 4.39 Å². The van der Waals surface area contributed by atoms with Crippen molar-refractivity contribution in [2.24, 2.45) is 5.73 Å². The molecule has 1 aromatic rings. The van der Waals surface area contributed by atoms with Crippen LogP contribution in [-0.2, 0) is 5.60 Å². The third-order valence-corrected chi connectivity index (χ3v) is 2.60. The Balaban J connectivity index is 3.20. The van der Waals surface area contributed by atoms with Gasteiger partial charge in [0.15, 0.2) is 0 Å². The maximum atomic E-state index is 12.8. The number of hydrogen-bond donors (Lipinski definition) is 2. The van der Waals surface area contributed by atoms with E-state index in [1.54, 1.807) is 13.0 Å². The molecule has 3 N–H and O–H groups in total. The molecule has 0 aliphatic heterocycles. The zero-order valence-corrected chi connectivity index (χ0v) is 8.81. The molecule has 1 unspecified atom stereocenters. The topological polar surface area (TPSA) is 46.2 Å². The van der Waals surface area contributed by atoms with Crippen molar-refractivity contribution < 1.29 is 9.50 Å². The summed E-state index contributed by atoms with van der Waals surface area (Å²) < 4.78 is 13.5. The standard InChI is InChI=1S/C9H11BrFNO/c1-9(13,5-12)7-4-6(11)2-3-8(7)10/h2-4,13H,5,12H2,1H3. The van der Waals surface area contributed by atoms with Gasteiger partial charge in [-0.1, -0.05) is 15.9 Å². The fourth-order valence-corrected chi connectivity index (χ4v) is 1.69. The minimum Gasteiger partial charge on any atom is -0.384 e. The quantitative estimate of drug-likeness (QED) is 0.837. The average molecular weight is 248 g/mol. The van der Waals surface area contributed by atoms with Crippen molar-refractivity contribution in [2.75, 3.05) is 6.54 Å². The molecule has 0 aliphatic rings. The molecule has 0 saturated heterocycles. The fourth-order valence-electron chi connectivity index (χ4n) is 1.02. The van der Waals surface area contributed by atoms with Crippen LogP contribution < -0.4 is 5.73 Å². The number of halogens is 2. The van der Waals surface area contributed by atoms with E-state index in [4.69, 9.17) is 5.73 Å². The van der Waals surface area contributed by atoms with E-state index >= 15 is 0 Å². The summed E-state index contributed by atoms with van der Waals surface area (Å²) in [5.74, 6) is -0.382. The van der Waals surface area contributed by atoms with Gasteiger partial charge in [-0.05, 0) is 25.1 Å². The monoisotopic (exact) mass is 247 g/mol. The van der Waals surface area contributed by atoms with Crippen molar-refractivity contribution in [1.29, 1.82) is 0 Å². The van der Waals surface area contributed by atoms with Crippen molar-refractivity contribution in [3.8, 4) is 0 Å². The first kappa shape index (κ1) is 10.6. The van der Waals surface area contributed by atoms with E-state index in [2.05, 4.69) is 15.9 Å². The summed E-state index contributed by atoms with van der Waals surface area (Å²) in [4.78, 5) is 0. The summed E-state index contributed by atoms with van der Waals surface area (Å²) in [5.41, 5.74) is 4.64. The smallest absolute Gasteiger partial charge is 0.123 e. The molecule has 2 nitrogen and oxygen atoms in total. The molecular formula is C9H11BrFNO. The molecule has 13 heavy (non-hydrogen) atoms. The second-order valence-electron chi connectivity index (χ2n) is 3.10. The lowest BCUT2D eigenvalue weighted by Crippen LogP contribution is -2.31. The van der Waals surface area contributed by atoms with Gasteiger partial charge in [0.25, 0.3) is 0 Å². The summed E-state index contributed by atoms with van der Waals surface area (Å²) >= 11 is 3.22. The van der Waals surface area contributed by atoms with E-state index in [0.29, 0.717) is 10.0 Å². The van der Waals surface area contributed by atoms with E-state index < -0.39 is 5.60 Å². The van der Waals surface area contributed by atoms with Gasteiger partial charge < -0.3 is 10.8 Å². The summed E-state index contributed by atoms with van der Waals surface area (Å²) in [7, 11) is 0. The Labute approximate surface area is 84.7 Å². The third kappa shape index (κ3) is 2.27. The highest BCUT2D eigenvalue weighted by atomic mass is 79.9. The van der Waals surface area contributed by atoms with Crippen LogP contribution in [0.2, 0.25) is 0 Å². The number of hydrogen-bond acceptors (Lipinski definition) is 2. The first-order valence-electron chi connectivity index (χ1n) is 3.85. The zero-order valence-electron chi connectivity index (χ0n) is 7.22. The van der Waals surface area contributed by atoms with Crippen molar-refractivity contribution in [2.45, 2.75) is 12.5 Å². The Morgan fingerprint density at radius 3 is 2.77 bits per heavy atom. The first-order valence-corrected chi connectivity index (χ1v) is 4.64. The van der Waals surface area contributed by atoms with Gasteiger partial charge >= 0.3 is 0 Å². The van der Waals surface area contributed by atoms with Gasteiger partial charge in [-0.2, -0.15) is 0 Å². The predicted octanol–water partition coefficient (Wildman–Crippen LogP) is 1.75. The molecule has 1 aromatic carbocycles. The molecule has 1 atom stereocenters. The van der Waals surface area contributed by atoms with Crippen LogP contribution in [0.25, 0.3) is 0 Å². The largest absolute Gasteiger partial charge is 0.384 e. The Kier molecular flexibility index (Phi) is 3.05. The molecule has 0 heterocycles. The molecule has 0 aliphatic carbocycles. The molecule has 1 rings (SSSR count). The molecule has 0 saturated carbocycles. The maximum absolute atomic E-state index is 12.8. The van der Waals surface area contributed by atoms with Crippen LogP contribution in [0.3, 0.4) is 0 Å². The Hall–Kier alpha value is -0.450. The molecule has 4 heteroatoms. The summed E-state index contributed by atoms with van der Waals surface area (Å²) in [6, 6.07) is 4.14. The van der Waals surface area contributed by atoms with Crippen molar-refractivity contribution in [1.82, 2.24) is 0 Å². The van der Waals surface area contributed by atoms with Crippen molar-refractivity contribution in [3.05, 3.63) is 34.1 Å². The molecule has 0 spiro atoms. The van der Waals surface area contributed by atoms with E-state index in [1.165, 1.54) is 12.1 Å². The van der Waals surface area contributed by atoms with E-state index in [1.807, 2.05) is 0 Å². The van der Waals surface area contributed by atoms with Gasteiger partial charge in [0.1, 0.15) is 11.4 Å². The lowest BCUT2D eigenvalue weighted by Gasteiger charge is -2.22. The predicted molar refractivity (Wildman–Crippen MR) is 52.7 cm³/mol. The van der Waals surface area contributed by atoms with Crippen LogP contribution in [0.5, 0.6) is 0 Å². The summed E-state index contributed by atoms with van der Waals surface area (Å²) in [5, 5.41) is 9.78. The highest BCUT2D eigenvalue weighted by Gasteiger charge is 2.23. The molecule has 0 aromatic heterocycles. The van der Waals surface area contributed by atoms with Crippen LogP contribution in [0, 0.1) is 5.82 Å². The van der Waals surface area contributed by atoms with Gasteiger partial charge in [-0.3, -0.25) is 0 Å². The highest BCUT2D eigenvalue weighted by molar-refractivity contribution is 9.10. The molecular weight excluding hydrogens is 237 g/mol. The first-order chi connectivity index (χ1) is 5.97. The third-order valence-electron chi connectivity index (χ3n) is 1.91. The molecule has 0 radical (unpaired) electrons. The Bertz CT molecular complexity index is 314. The lowest BCUT2D eigenvalue weighted by atomic mass is 9.96. The number of nitrogens with two attached hydrogens (primary N) is 1. The second-order valence-corrected chi connectivity index (χ2v) is 3.96. The normalized spacial score (nSPS) is 15.5. The van der Waals surface area contributed by atoms with Gasteiger partial charge in [-0.25, -0.2) is 4.39 Å². The lowest BCUT2D eigenvalue weighted by molar-refractivity contribution is 0.0657. The van der Waals surface area contributed by atoms with Gasteiger partial charge in [0.2, 0.25) is 0 Å². The minimum absolute atomic E-state index is 0.0506.